The molecule has 0 spiro atoms. The maximum atomic E-state index is 5.88. The van der Waals surface area contributed by atoms with E-state index in [4.69, 9.17) is 16.3 Å². The number of benzene rings is 1. The minimum Gasteiger partial charge on any atom is -0.461 e. The molecule has 2 rings (SSSR count). The van der Waals surface area contributed by atoms with Crippen LogP contribution in [0.4, 0.5) is 5.95 Å². The topological polar surface area (TPSA) is 59.9 Å². The van der Waals surface area contributed by atoms with E-state index in [2.05, 4.69) is 20.3 Å². The van der Waals surface area contributed by atoms with Crippen LogP contribution in [-0.4, -0.2) is 21.1 Å². The third kappa shape index (κ3) is 4.06. The third-order valence-corrected chi connectivity index (χ3v) is 2.74. The van der Waals surface area contributed by atoms with Crippen molar-refractivity contribution in [1.29, 1.82) is 0 Å². The highest BCUT2D eigenvalue weighted by Gasteiger charge is 2.11. The van der Waals surface area contributed by atoms with Gasteiger partial charge in [-0.05, 0) is 37.9 Å². The van der Waals surface area contributed by atoms with E-state index >= 15 is 0 Å². The molecule has 1 N–H and O–H groups in total. The number of nitrogens with zero attached hydrogens (tertiary/aromatic N) is 3. The molecule has 1 aromatic carbocycles. The van der Waals surface area contributed by atoms with Crippen molar-refractivity contribution in [1.82, 2.24) is 15.0 Å². The number of aromatic nitrogens is 3. The summed E-state index contributed by atoms with van der Waals surface area (Å²) in [6.45, 7) is 5.82. The first kappa shape index (κ1) is 14.5. The van der Waals surface area contributed by atoms with E-state index in [0.717, 1.165) is 5.56 Å². The standard InChI is InChI=1S/C14H17ClN4O/c1-9(2)20-14-18-12(15)17-13(19-14)16-10(3)11-7-5-4-6-8-11/h4-10H,1-3H3,(H,16,17,18,19). The van der Waals surface area contributed by atoms with Gasteiger partial charge in [-0.25, -0.2) is 0 Å². The number of rotatable bonds is 5. The molecule has 1 atom stereocenters. The number of halogens is 1. The van der Waals surface area contributed by atoms with Gasteiger partial charge in [-0.2, -0.15) is 15.0 Å². The van der Waals surface area contributed by atoms with Crippen molar-refractivity contribution >= 4 is 17.5 Å². The van der Waals surface area contributed by atoms with Gasteiger partial charge in [0.1, 0.15) is 0 Å². The average molecular weight is 293 g/mol. The quantitative estimate of drug-likeness (QED) is 0.914. The fourth-order valence-electron chi connectivity index (χ4n) is 1.68. The largest absolute Gasteiger partial charge is 0.461 e. The van der Waals surface area contributed by atoms with E-state index in [1.807, 2.05) is 51.1 Å². The molecule has 0 aliphatic carbocycles. The first-order valence-electron chi connectivity index (χ1n) is 6.44. The lowest BCUT2D eigenvalue weighted by Gasteiger charge is -2.15. The van der Waals surface area contributed by atoms with Crippen LogP contribution in [0, 0.1) is 0 Å². The first-order chi connectivity index (χ1) is 9.54. The van der Waals surface area contributed by atoms with E-state index in [9.17, 15) is 0 Å². The second-order valence-electron chi connectivity index (χ2n) is 4.65. The van der Waals surface area contributed by atoms with Crippen LogP contribution in [-0.2, 0) is 0 Å². The smallest absolute Gasteiger partial charge is 0.322 e. The molecule has 5 nitrogen and oxygen atoms in total. The molecule has 106 valence electrons. The van der Waals surface area contributed by atoms with Crippen LogP contribution in [0.25, 0.3) is 0 Å². The molecule has 1 aromatic heterocycles. The van der Waals surface area contributed by atoms with E-state index < -0.39 is 0 Å². The zero-order chi connectivity index (χ0) is 14.5. The fourth-order valence-corrected chi connectivity index (χ4v) is 1.83. The predicted molar refractivity (Wildman–Crippen MR) is 79.1 cm³/mol. The molecule has 0 saturated carbocycles. The Morgan fingerprint density at radius 1 is 1.05 bits per heavy atom. The van der Waals surface area contributed by atoms with Crippen molar-refractivity contribution in [2.45, 2.75) is 32.9 Å². The minimum atomic E-state index is -0.0205. The summed E-state index contributed by atoms with van der Waals surface area (Å²) in [6.07, 6.45) is -0.0205. The highest BCUT2D eigenvalue weighted by Crippen LogP contribution is 2.19. The van der Waals surface area contributed by atoms with E-state index in [0.29, 0.717) is 5.95 Å². The molecule has 20 heavy (non-hydrogen) atoms. The van der Waals surface area contributed by atoms with Gasteiger partial charge in [0, 0.05) is 0 Å². The van der Waals surface area contributed by atoms with Crippen LogP contribution in [0.15, 0.2) is 30.3 Å². The number of ether oxygens (including phenoxy) is 1. The number of nitrogens with one attached hydrogen (secondary N) is 1. The zero-order valence-corrected chi connectivity index (χ0v) is 12.4. The second kappa shape index (κ2) is 6.52. The number of hydrogen-bond donors (Lipinski definition) is 1. The molecule has 0 fully saturated rings. The Kier molecular flexibility index (Phi) is 4.74. The molecule has 0 aliphatic heterocycles. The molecule has 0 radical (unpaired) electrons. The molecule has 0 saturated heterocycles. The van der Waals surface area contributed by atoms with Crippen LogP contribution in [0.5, 0.6) is 6.01 Å². The SMILES string of the molecule is CC(C)Oc1nc(Cl)nc(NC(C)c2ccccc2)n1. The second-order valence-corrected chi connectivity index (χ2v) is 4.99. The molecule has 0 aliphatic rings. The van der Waals surface area contributed by atoms with Crippen LogP contribution < -0.4 is 10.1 Å². The van der Waals surface area contributed by atoms with E-state index in [1.165, 1.54) is 0 Å². The molecular formula is C14H17ClN4O. The van der Waals surface area contributed by atoms with Crippen LogP contribution in [0.3, 0.4) is 0 Å². The lowest BCUT2D eigenvalue weighted by molar-refractivity contribution is 0.222. The van der Waals surface area contributed by atoms with Crippen LogP contribution >= 0.6 is 11.6 Å². The molecular weight excluding hydrogens is 276 g/mol. The van der Waals surface area contributed by atoms with Gasteiger partial charge in [-0.1, -0.05) is 30.3 Å². The fraction of sp³-hybridized carbons (Fsp3) is 0.357. The van der Waals surface area contributed by atoms with Crippen molar-refractivity contribution in [2.75, 3.05) is 5.32 Å². The summed E-state index contributed by atoms with van der Waals surface area (Å²) in [6, 6.07) is 10.3. The lowest BCUT2D eigenvalue weighted by atomic mass is 10.1. The summed E-state index contributed by atoms with van der Waals surface area (Å²) in [4.78, 5) is 12.2. The summed E-state index contributed by atoms with van der Waals surface area (Å²) in [5, 5.41) is 3.30. The zero-order valence-electron chi connectivity index (χ0n) is 11.7. The van der Waals surface area contributed by atoms with Crippen LogP contribution in [0.2, 0.25) is 5.28 Å². The molecule has 2 aromatic rings. The van der Waals surface area contributed by atoms with Crippen molar-refractivity contribution in [3.63, 3.8) is 0 Å². The van der Waals surface area contributed by atoms with Gasteiger partial charge >= 0.3 is 6.01 Å². The number of hydrogen-bond acceptors (Lipinski definition) is 5. The van der Waals surface area contributed by atoms with Gasteiger partial charge in [0.2, 0.25) is 11.2 Å². The molecule has 1 unspecified atom stereocenters. The monoisotopic (exact) mass is 292 g/mol. The Balaban J connectivity index is 2.14. The van der Waals surface area contributed by atoms with Gasteiger partial charge < -0.3 is 10.1 Å². The van der Waals surface area contributed by atoms with Crippen LogP contribution in [0.1, 0.15) is 32.4 Å². The van der Waals surface area contributed by atoms with Gasteiger partial charge in [0.05, 0.1) is 12.1 Å². The Hall–Kier alpha value is -1.88. The van der Waals surface area contributed by atoms with E-state index in [1.54, 1.807) is 0 Å². The molecule has 0 bridgehead atoms. The van der Waals surface area contributed by atoms with Gasteiger partial charge in [-0.3, -0.25) is 0 Å². The molecule has 6 heteroatoms. The summed E-state index contributed by atoms with van der Waals surface area (Å²) < 4.78 is 5.44. The van der Waals surface area contributed by atoms with Crippen molar-refractivity contribution in [3.05, 3.63) is 41.2 Å². The Morgan fingerprint density at radius 3 is 2.40 bits per heavy atom. The lowest BCUT2D eigenvalue weighted by Crippen LogP contribution is -2.13. The highest BCUT2D eigenvalue weighted by molar-refractivity contribution is 6.28. The highest BCUT2D eigenvalue weighted by atomic mass is 35.5. The maximum absolute atomic E-state index is 5.88. The average Bonchev–Trinajstić information content (AvgIpc) is 2.38. The van der Waals surface area contributed by atoms with E-state index in [-0.39, 0.29) is 23.4 Å². The summed E-state index contributed by atoms with van der Waals surface area (Å²) >= 11 is 5.88. The Labute approximate surface area is 123 Å². The molecule has 1 heterocycles. The van der Waals surface area contributed by atoms with Gasteiger partial charge in [0.25, 0.3) is 0 Å². The predicted octanol–water partition coefficient (Wildman–Crippen LogP) is 3.49. The Bertz CT molecular complexity index is 562. The maximum Gasteiger partial charge on any atom is 0.322 e. The number of anilines is 1. The third-order valence-electron chi connectivity index (χ3n) is 2.57. The summed E-state index contributed by atoms with van der Waals surface area (Å²) in [5.41, 5.74) is 1.13. The summed E-state index contributed by atoms with van der Waals surface area (Å²) in [7, 11) is 0. The van der Waals surface area contributed by atoms with Crippen molar-refractivity contribution in [2.24, 2.45) is 0 Å². The Morgan fingerprint density at radius 2 is 1.75 bits per heavy atom. The minimum absolute atomic E-state index is 0.0205. The van der Waals surface area contributed by atoms with Crippen molar-refractivity contribution < 1.29 is 4.74 Å². The van der Waals surface area contributed by atoms with Crippen molar-refractivity contribution in [3.8, 4) is 6.01 Å². The van der Waals surface area contributed by atoms with Gasteiger partial charge in [-0.15, -0.1) is 0 Å². The molecule has 0 amide bonds. The van der Waals surface area contributed by atoms with Gasteiger partial charge in [0.15, 0.2) is 0 Å². The first-order valence-corrected chi connectivity index (χ1v) is 6.82. The summed E-state index contributed by atoms with van der Waals surface area (Å²) in [5.74, 6) is 0.400. The normalized spacial score (nSPS) is 12.2.